The monoisotopic (exact) mass is 622 g/mol. The lowest BCUT2D eigenvalue weighted by molar-refractivity contribution is 0.0830. The number of halogens is 2. The highest BCUT2D eigenvalue weighted by Crippen LogP contribution is 2.30. The predicted molar refractivity (Wildman–Crippen MR) is 173 cm³/mol. The van der Waals surface area contributed by atoms with E-state index in [-0.39, 0.29) is 13.0 Å². The van der Waals surface area contributed by atoms with Crippen LogP contribution in [-0.4, -0.2) is 34.7 Å². The van der Waals surface area contributed by atoms with E-state index in [9.17, 15) is 23.9 Å². The Kier molecular flexibility index (Phi) is 10.4. The van der Waals surface area contributed by atoms with Crippen molar-refractivity contribution in [2.75, 3.05) is 6.54 Å². The van der Waals surface area contributed by atoms with Crippen LogP contribution < -0.4 is 10.6 Å². The van der Waals surface area contributed by atoms with E-state index in [2.05, 4.69) is 40.7 Å². The maximum atomic E-state index is 14.1. The molecule has 5 aromatic rings. The van der Waals surface area contributed by atoms with Gasteiger partial charge in [-0.25, -0.2) is 13.8 Å². The van der Waals surface area contributed by atoms with Gasteiger partial charge < -0.3 is 15.7 Å². The summed E-state index contributed by atoms with van der Waals surface area (Å²) < 4.78 is 28.1. The van der Waals surface area contributed by atoms with E-state index in [4.69, 9.17) is 0 Å². The summed E-state index contributed by atoms with van der Waals surface area (Å²) in [6.45, 7) is 2.71. The molecule has 0 aliphatic carbocycles. The molecule has 45 heavy (non-hydrogen) atoms. The van der Waals surface area contributed by atoms with Crippen LogP contribution in [0.5, 0.6) is 0 Å². The minimum absolute atomic E-state index is 0.00215. The lowest BCUT2D eigenvalue weighted by atomic mass is 9.97. The van der Waals surface area contributed by atoms with Crippen LogP contribution >= 0.6 is 11.3 Å². The molecule has 0 saturated carbocycles. The highest BCUT2D eigenvalue weighted by Gasteiger charge is 2.24. The van der Waals surface area contributed by atoms with Gasteiger partial charge in [0, 0.05) is 41.9 Å². The minimum Gasteiger partial charge on any atom is -0.390 e. The van der Waals surface area contributed by atoms with Gasteiger partial charge in [0.05, 0.1) is 23.8 Å². The first-order valence-electron chi connectivity index (χ1n) is 14.6. The first kappa shape index (κ1) is 31.7. The number of nitrogens with zero attached hydrogens (tertiary/aromatic N) is 2. The number of aliphatic hydroxyl groups excluding tert-OH is 1. The third-order valence-corrected chi connectivity index (χ3v) is 8.26. The summed E-state index contributed by atoms with van der Waals surface area (Å²) in [6.07, 6.45) is 1.50. The lowest BCUT2D eigenvalue weighted by Crippen LogP contribution is -2.48. The Morgan fingerprint density at radius 2 is 1.69 bits per heavy atom. The van der Waals surface area contributed by atoms with E-state index in [0.717, 1.165) is 29.2 Å². The van der Waals surface area contributed by atoms with Gasteiger partial charge in [0.1, 0.15) is 16.6 Å². The number of carbonyl (C=O) groups excluding carboxylic acids is 1. The van der Waals surface area contributed by atoms with E-state index in [1.807, 2.05) is 29.6 Å². The smallest absolute Gasteiger partial charge is 0.251 e. The number of amides is 1. The number of aromatic nitrogens is 1. The highest BCUT2D eigenvalue weighted by molar-refractivity contribution is 7.13. The molecule has 228 valence electrons. The van der Waals surface area contributed by atoms with Crippen LogP contribution in [0.3, 0.4) is 0 Å². The molecule has 0 aliphatic rings. The predicted octanol–water partition coefficient (Wildman–Crippen LogP) is 6.68. The summed E-state index contributed by atoms with van der Waals surface area (Å²) in [7, 11) is 0. The van der Waals surface area contributed by atoms with Gasteiger partial charge >= 0.3 is 0 Å². The molecule has 1 amide bonds. The summed E-state index contributed by atoms with van der Waals surface area (Å²) in [5, 5.41) is 29.4. The first-order chi connectivity index (χ1) is 21.8. The second-order valence-electron chi connectivity index (χ2n) is 10.8. The maximum absolute atomic E-state index is 14.1. The van der Waals surface area contributed by atoms with Crippen LogP contribution in [0, 0.1) is 23.0 Å². The average molecular weight is 623 g/mol. The summed E-state index contributed by atoms with van der Waals surface area (Å²) >= 11 is 1.43. The molecule has 2 atom stereocenters. The van der Waals surface area contributed by atoms with Crippen LogP contribution in [0.4, 0.5) is 8.78 Å². The fourth-order valence-electron chi connectivity index (χ4n) is 5.17. The number of hydrogen-bond acceptors (Lipinski definition) is 6. The topological polar surface area (TPSA) is 98.0 Å². The molecule has 1 aromatic heterocycles. The molecule has 0 radical (unpaired) electrons. The fourth-order valence-corrected chi connectivity index (χ4v) is 5.79. The van der Waals surface area contributed by atoms with Gasteiger partial charge in [-0.1, -0.05) is 43.3 Å². The summed E-state index contributed by atoms with van der Waals surface area (Å²) in [5.41, 5.74) is 5.54. The van der Waals surface area contributed by atoms with Crippen LogP contribution in [0.2, 0.25) is 0 Å². The van der Waals surface area contributed by atoms with Gasteiger partial charge in [-0.05, 0) is 83.1 Å². The Hall–Kier alpha value is -4.75. The van der Waals surface area contributed by atoms with Crippen LogP contribution in [0.1, 0.15) is 39.5 Å². The third kappa shape index (κ3) is 8.46. The Morgan fingerprint density at radius 1 is 0.933 bits per heavy atom. The fraction of sp³-hybridized carbons (Fsp3) is 0.194. The Balaban J connectivity index is 1.42. The van der Waals surface area contributed by atoms with Gasteiger partial charge in [0.15, 0.2) is 0 Å². The third-order valence-electron chi connectivity index (χ3n) is 7.44. The van der Waals surface area contributed by atoms with E-state index < -0.39 is 29.7 Å². The average Bonchev–Trinajstić information content (AvgIpc) is 3.59. The quantitative estimate of drug-likeness (QED) is 0.144. The molecule has 9 heteroatoms. The number of aliphatic hydroxyl groups is 1. The van der Waals surface area contributed by atoms with Gasteiger partial charge in [-0.2, -0.15) is 5.26 Å². The SMILES string of the molecule is CCc1cccc(CNCC(O)C(Cc2cc(F)cc(F)c2)NC(=O)c2cc(-c3cccc(C#N)c3)cc(-c3nccs3)c2)c1. The normalized spacial score (nSPS) is 12.3. The van der Waals surface area contributed by atoms with Crippen molar-refractivity contribution in [1.29, 1.82) is 5.26 Å². The Bertz CT molecular complexity index is 1800. The van der Waals surface area contributed by atoms with Crippen LogP contribution in [-0.2, 0) is 19.4 Å². The van der Waals surface area contributed by atoms with Gasteiger partial charge in [-0.15, -0.1) is 11.3 Å². The molecule has 5 rings (SSSR count). The van der Waals surface area contributed by atoms with Crippen molar-refractivity contribution in [3.8, 4) is 27.8 Å². The molecule has 0 saturated heterocycles. The van der Waals surface area contributed by atoms with Crippen molar-refractivity contribution in [2.24, 2.45) is 0 Å². The van der Waals surface area contributed by atoms with Crippen molar-refractivity contribution in [3.05, 3.63) is 136 Å². The molecule has 0 aliphatic heterocycles. The lowest BCUT2D eigenvalue weighted by Gasteiger charge is -2.25. The van der Waals surface area contributed by atoms with E-state index >= 15 is 0 Å². The number of benzene rings is 4. The first-order valence-corrected chi connectivity index (χ1v) is 15.5. The number of hydrogen-bond donors (Lipinski definition) is 3. The summed E-state index contributed by atoms with van der Waals surface area (Å²) in [4.78, 5) is 18.2. The molecule has 0 fully saturated rings. The molecular weight excluding hydrogens is 590 g/mol. The van der Waals surface area contributed by atoms with E-state index in [1.165, 1.54) is 29.0 Å². The van der Waals surface area contributed by atoms with E-state index in [0.29, 0.717) is 33.8 Å². The van der Waals surface area contributed by atoms with Crippen molar-refractivity contribution in [2.45, 2.75) is 38.5 Å². The Labute approximate surface area is 265 Å². The van der Waals surface area contributed by atoms with Crippen LogP contribution in [0.15, 0.2) is 96.5 Å². The number of carbonyl (C=O) groups is 1. The molecule has 1 heterocycles. The van der Waals surface area contributed by atoms with Gasteiger partial charge in [-0.3, -0.25) is 4.79 Å². The van der Waals surface area contributed by atoms with Crippen molar-refractivity contribution in [3.63, 3.8) is 0 Å². The second-order valence-corrected chi connectivity index (χ2v) is 11.7. The molecule has 3 N–H and O–H groups in total. The largest absolute Gasteiger partial charge is 0.390 e. The molecular formula is C36H32F2N4O2S. The van der Waals surface area contributed by atoms with E-state index in [1.54, 1.807) is 36.5 Å². The number of rotatable bonds is 12. The Morgan fingerprint density at radius 3 is 2.42 bits per heavy atom. The molecule has 4 aromatic carbocycles. The zero-order valence-electron chi connectivity index (χ0n) is 24.6. The highest BCUT2D eigenvalue weighted by atomic mass is 32.1. The minimum atomic E-state index is -1.08. The van der Waals surface area contributed by atoms with Gasteiger partial charge in [0.25, 0.3) is 5.91 Å². The number of thiazole rings is 1. The van der Waals surface area contributed by atoms with Crippen molar-refractivity contribution < 1.29 is 18.7 Å². The zero-order valence-corrected chi connectivity index (χ0v) is 25.5. The molecule has 6 nitrogen and oxygen atoms in total. The van der Waals surface area contributed by atoms with Crippen molar-refractivity contribution in [1.82, 2.24) is 15.6 Å². The van der Waals surface area contributed by atoms with Crippen LogP contribution in [0.25, 0.3) is 21.7 Å². The van der Waals surface area contributed by atoms with Crippen molar-refractivity contribution >= 4 is 17.2 Å². The summed E-state index contributed by atoms with van der Waals surface area (Å²) in [5.74, 6) is -1.94. The molecule has 0 spiro atoms. The second kappa shape index (κ2) is 14.8. The standard InChI is InChI=1S/C36H32F2N4O2S/c1-2-23-5-3-7-25(11-23)21-40-22-34(43)33(15-26-13-31(37)19-32(38)14-26)42-35(44)29-16-28(27-8-4-6-24(12-27)20-39)17-30(18-29)36-41-9-10-45-36/h3-14,16-19,33-34,40,43H,2,15,21-22H2,1H3,(H,42,44). The molecule has 0 bridgehead atoms. The van der Waals surface area contributed by atoms with Gasteiger partial charge in [0.2, 0.25) is 0 Å². The molecule has 2 unspecified atom stereocenters. The number of aryl methyl sites for hydroxylation is 1. The summed E-state index contributed by atoms with van der Waals surface area (Å²) in [6, 6.07) is 25.0. The zero-order chi connectivity index (χ0) is 31.8. The number of nitriles is 1. The maximum Gasteiger partial charge on any atom is 0.251 e. The number of nitrogens with one attached hydrogen (secondary N) is 2.